The highest BCUT2D eigenvalue weighted by Crippen LogP contribution is 2.23. The van der Waals surface area contributed by atoms with Crippen LogP contribution >= 0.6 is 0 Å². The lowest BCUT2D eigenvalue weighted by Gasteiger charge is -2.26. The van der Waals surface area contributed by atoms with Gasteiger partial charge in [0.2, 0.25) is 10.0 Å². The second-order valence-corrected chi connectivity index (χ2v) is 6.92. The van der Waals surface area contributed by atoms with E-state index < -0.39 is 15.8 Å². The zero-order chi connectivity index (χ0) is 15.5. The van der Waals surface area contributed by atoms with Crippen molar-refractivity contribution in [2.75, 3.05) is 0 Å². The van der Waals surface area contributed by atoms with E-state index in [1.807, 2.05) is 30.3 Å². The summed E-state index contributed by atoms with van der Waals surface area (Å²) in [7, 11) is -3.87. The van der Waals surface area contributed by atoms with Gasteiger partial charge in [0.15, 0.2) is 0 Å². The fourth-order valence-corrected chi connectivity index (χ4v) is 3.78. The summed E-state index contributed by atoms with van der Waals surface area (Å²) in [5.74, 6) is -0.726. The highest BCUT2D eigenvalue weighted by atomic mass is 32.2. The molecule has 2 aromatic carbocycles. The van der Waals surface area contributed by atoms with Crippen LogP contribution in [0.3, 0.4) is 0 Å². The topological polar surface area (TPSA) is 37.4 Å². The Morgan fingerprint density at radius 2 is 1.57 bits per heavy atom. The molecular weight excluding hydrogens is 289 g/mol. The monoisotopic (exact) mass is 307 g/mol. The number of benzene rings is 2. The molecule has 0 fully saturated rings. The minimum atomic E-state index is -3.87. The van der Waals surface area contributed by atoms with Crippen molar-refractivity contribution in [3.05, 3.63) is 66.0 Å². The normalized spacial score (nSPS) is 12.0. The molecule has 0 unspecified atom stereocenters. The number of halogens is 1. The molecular formula is C16H18FNO2S. The molecule has 2 rings (SSSR count). The van der Waals surface area contributed by atoms with Crippen LogP contribution in [0.5, 0.6) is 0 Å². The van der Waals surface area contributed by atoms with Crippen LogP contribution in [0.15, 0.2) is 59.5 Å². The van der Waals surface area contributed by atoms with Gasteiger partial charge in [0.1, 0.15) is 10.7 Å². The number of rotatable bonds is 5. The fourth-order valence-electron chi connectivity index (χ4n) is 2.09. The first kappa shape index (κ1) is 15.7. The molecule has 21 heavy (non-hydrogen) atoms. The van der Waals surface area contributed by atoms with E-state index in [1.54, 1.807) is 13.8 Å². The fraction of sp³-hybridized carbons (Fsp3) is 0.250. The second kappa shape index (κ2) is 6.37. The molecule has 0 aliphatic rings. The van der Waals surface area contributed by atoms with Gasteiger partial charge in [-0.2, -0.15) is 4.31 Å². The minimum absolute atomic E-state index is 0.217. The Kier molecular flexibility index (Phi) is 4.75. The molecule has 0 amide bonds. The zero-order valence-corrected chi connectivity index (χ0v) is 12.8. The number of sulfonamides is 1. The number of hydrogen-bond acceptors (Lipinski definition) is 2. The molecule has 0 radical (unpaired) electrons. The predicted molar refractivity (Wildman–Crippen MR) is 80.7 cm³/mol. The Hall–Kier alpha value is -1.72. The van der Waals surface area contributed by atoms with E-state index >= 15 is 0 Å². The summed E-state index contributed by atoms with van der Waals surface area (Å²) in [6.07, 6.45) is 0. The third-order valence-electron chi connectivity index (χ3n) is 3.18. The van der Waals surface area contributed by atoms with Gasteiger partial charge in [-0.25, -0.2) is 12.8 Å². The molecule has 112 valence electrons. The average Bonchev–Trinajstić information content (AvgIpc) is 2.45. The van der Waals surface area contributed by atoms with Gasteiger partial charge in [0, 0.05) is 12.6 Å². The Morgan fingerprint density at radius 1 is 1.00 bits per heavy atom. The molecule has 0 saturated carbocycles. The van der Waals surface area contributed by atoms with Gasteiger partial charge in [-0.3, -0.25) is 0 Å². The smallest absolute Gasteiger partial charge is 0.207 e. The quantitative estimate of drug-likeness (QED) is 0.848. The van der Waals surface area contributed by atoms with Crippen molar-refractivity contribution < 1.29 is 12.8 Å². The Balaban J connectivity index is 2.40. The molecule has 0 aromatic heterocycles. The maximum Gasteiger partial charge on any atom is 0.246 e. The van der Waals surface area contributed by atoms with Gasteiger partial charge < -0.3 is 0 Å². The van der Waals surface area contributed by atoms with Gasteiger partial charge >= 0.3 is 0 Å². The molecule has 3 nitrogen and oxygen atoms in total. The lowest BCUT2D eigenvalue weighted by atomic mass is 10.2. The van der Waals surface area contributed by atoms with E-state index in [2.05, 4.69) is 0 Å². The van der Waals surface area contributed by atoms with E-state index in [0.29, 0.717) is 0 Å². The Labute approximate surface area is 125 Å². The van der Waals surface area contributed by atoms with E-state index in [9.17, 15) is 12.8 Å². The van der Waals surface area contributed by atoms with Gasteiger partial charge in [-0.15, -0.1) is 0 Å². The maximum absolute atomic E-state index is 13.8. The van der Waals surface area contributed by atoms with Crippen molar-refractivity contribution in [2.45, 2.75) is 31.3 Å². The molecule has 0 N–H and O–H groups in total. The Morgan fingerprint density at radius 3 is 2.14 bits per heavy atom. The second-order valence-electron chi connectivity index (χ2n) is 5.06. The van der Waals surface area contributed by atoms with Gasteiger partial charge in [0.05, 0.1) is 0 Å². The lowest BCUT2D eigenvalue weighted by Crippen LogP contribution is -2.36. The molecule has 2 aromatic rings. The lowest BCUT2D eigenvalue weighted by molar-refractivity contribution is 0.346. The van der Waals surface area contributed by atoms with E-state index in [0.717, 1.165) is 11.6 Å². The minimum Gasteiger partial charge on any atom is -0.207 e. The summed E-state index contributed by atoms with van der Waals surface area (Å²) in [5.41, 5.74) is 0.867. The van der Waals surface area contributed by atoms with Crippen LogP contribution in [-0.4, -0.2) is 18.8 Å². The van der Waals surface area contributed by atoms with Crippen molar-refractivity contribution in [1.82, 2.24) is 4.31 Å². The first-order chi connectivity index (χ1) is 9.93. The van der Waals surface area contributed by atoms with Crippen LogP contribution in [0.1, 0.15) is 19.4 Å². The molecule has 0 bridgehead atoms. The summed E-state index contributed by atoms with van der Waals surface area (Å²) in [4.78, 5) is -0.283. The third-order valence-corrected chi connectivity index (χ3v) is 5.24. The molecule has 0 aliphatic carbocycles. The largest absolute Gasteiger partial charge is 0.246 e. The molecule has 5 heteroatoms. The first-order valence-corrected chi connectivity index (χ1v) is 8.17. The van der Waals surface area contributed by atoms with Crippen LogP contribution in [0.4, 0.5) is 4.39 Å². The molecule has 0 spiro atoms. The van der Waals surface area contributed by atoms with Crippen LogP contribution in [0.25, 0.3) is 0 Å². The molecule has 0 saturated heterocycles. The average molecular weight is 307 g/mol. The van der Waals surface area contributed by atoms with E-state index in [-0.39, 0.29) is 17.5 Å². The van der Waals surface area contributed by atoms with Crippen molar-refractivity contribution in [3.63, 3.8) is 0 Å². The van der Waals surface area contributed by atoms with Crippen LogP contribution in [0, 0.1) is 5.82 Å². The Bertz CT molecular complexity index is 699. The summed E-state index contributed by atoms with van der Waals surface area (Å²) in [6, 6.07) is 14.5. The van der Waals surface area contributed by atoms with Crippen molar-refractivity contribution in [1.29, 1.82) is 0 Å². The number of nitrogens with zero attached hydrogens (tertiary/aromatic N) is 1. The van der Waals surface area contributed by atoms with Crippen LogP contribution in [-0.2, 0) is 16.6 Å². The summed E-state index contributed by atoms with van der Waals surface area (Å²) >= 11 is 0. The van der Waals surface area contributed by atoms with Crippen LogP contribution in [0.2, 0.25) is 0 Å². The van der Waals surface area contributed by atoms with E-state index in [4.69, 9.17) is 0 Å². The molecule has 0 aliphatic heterocycles. The maximum atomic E-state index is 13.8. The van der Waals surface area contributed by atoms with Crippen molar-refractivity contribution >= 4 is 10.0 Å². The highest BCUT2D eigenvalue weighted by Gasteiger charge is 2.29. The van der Waals surface area contributed by atoms with E-state index in [1.165, 1.54) is 22.5 Å². The SMILES string of the molecule is CC(C)N(Cc1ccccc1)S(=O)(=O)c1ccccc1F. The number of hydrogen-bond donors (Lipinski definition) is 0. The third kappa shape index (κ3) is 3.49. The predicted octanol–water partition coefficient (Wildman–Crippen LogP) is 3.43. The van der Waals surface area contributed by atoms with Gasteiger partial charge in [-0.05, 0) is 31.5 Å². The summed E-state index contributed by atoms with van der Waals surface area (Å²) in [6.45, 7) is 3.78. The molecule has 0 atom stereocenters. The van der Waals surface area contributed by atoms with Gasteiger partial charge in [-0.1, -0.05) is 42.5 Å². The standard InChI is InChI=1S/C16H18FNO2S/c1-13(2)18(12-14-8-4-3-5-9-14)21(19,20)16-11-7-6-10-15(16)17/h3-11,13H,12H2,1-2H3. The van der Waals surface area contributed by atoms with Gasteiger partial charge in [0.25, 0.3) is 0 Å². The van der Waals surface area contributed by atoms with Crippen molar-refractivity contribution in [2.24, 2.45) is 0 Å². The molecule has 0 heterocycles. The van der Waals surface area contributed by atoms with Crippen LogP contribution < -0.4 is 0 Å². The first-order valence-electron chi connectivity index (χ1n) is 6.73. The summed E-state index contributed by atoms with van der Waals surface area (Å²) in [5, 5.41) is 0. The highest BCUT2D eigenvalue weighted by molar-refractivity contribution is 7.89. The zero-order valence-electron chi connectivity index (χ0n) is 12.0. The summed E-state index contributed by atoms with van der Waals surface area (Å²) < 4.78 is 40.5. The van der Waals surface area contributed by atoms with Crippen molar-refractivity contribution in [3.8, 4) is 0 Å².